The number of nitrogens with zero attached hydrogens (tertiary/aromatic N) is 4. The van der Waals surface area contributed by atoms with Crippen LogP contribution in [0.1, 0.15) is 45.8 Å². The van der Waals surface area contributed by atoms with E-state index in [2.05, 4.69) is 35.7 Å². The number of nitrogens with one attached hydrogen (secondary N) is 3. The first-order chi connectivity index (χ1) is 15.8. The van der Waals surface area contributed by atoms with Crippen LogP contribution in [0.2, 0.25) is 0 Å². The lowest BCUT2D eigenvalue weighted by Crippen LogP contribution is -2.30. The van der Waals surface area contributed by atoms with Crippen LogP contribution in [0.15, 0.2) is 42.9 Å². The van der Waals surface area contributed by atoms with Crippen molar-refractivity contribution in [3.8, 4) is 0 Å². The van der Waals surface area contributed by atoms with Crippen molar-refractivity contribution in [2.75, 3.05) is 28.6 Å². The van der Waals surface area contributed by atoms with Crippen molar-refractivity contribution in [2.45, 2.75) is 25.4 Å². The van der Waals surface area contributed by atoms with Gasteiger partial charge in [0.15, 0.2) is 5.69 Å². The van der Waals surface area contributed by atoms with Crippen molar-refractivity contribution < 1.29 is 22.8 Å². The van der Waals surface area contributed by atoms with Gasteiger partial charge in [-0.15, -0.1) is 0 Å². The number of carbonyl (C=O) groups is 2. The molecule has 3 aromatic rings. The van der Waals surface area contributed by atoms with Crippen molar-refractivity contribution in [1.82, 2.24) is 20.2 Å². The topological polar surface area (TPSA) is 116 Å². The second-order valence-corrected chi connectivity index (χ2v) is 7.44. The number of amides is 2. The SMILES string of the molecule is O=C(Nc1c[nH]nc1C(=O)Nc1ccc(N2CCCCC2)nc1)c1ccc(C(F)(F)F)nc1. The molecule has 0 spiro atoms. The number of carbonyl (C=O) groups excluding carboxylic acids is 2. The summed E-state index contributed by atoms with van der Waals surface area (Å²) in [5, 5.41) is 11.5. The summed E-state index contributed by atoms with van der Waals surface area (Å²) >= 11 is 0. The highest BCUT2D eigenvalue weighted by atomic mass is 19.4. The number of aromatic nitrogens is 4. The van der Waals surface area contributed by atoms with Crippen LogP contribution in [0, 0.1) is 0 Å². The van der Waals surface area contributed by atoms with Gasteiger partial charge >= 0.3 is 6.18 Å². The predicted octanol–water partition coefficient (Wildman–Crippen LogP) is 3.71. The zero-order valence-corrected chi connectivity index (χ0v) is 17.3. The van der Waals surface area contributed by atoms with Gasteiger partial charge in [0.1, 0.15) is 11.5 Å². The van der Waals surface area contributed by atoms with E-state index in [1.807, 2.05) is 6.07 Å². The van der Waals surface area contributed by atoms with E-state index in [9.17, 15) is 22.8 Å². The van der Waals surface area contributed by atoms with E-state index >= 15 is 0 Å². The number of halogens is 3. The van der Waals surface area contributed by atoms with Gasteiger partial charge in [0, 0.05) is 25.5 Å². The van der Waals surface area contributed by atoms with E-state index in [4.69, 9.17) is 0 Å². The summed E-state index contributed by atoms with van der Waals surface area (Å²) in [7, 11) is 0. The number of pyridine rings is 2. The number of anilines is 3. The van der Waals surface area contributed by atoms with Gasteiger partial charge in [-0.2, -0.15) is 18.3 Å². The van der Waals surface area contributed by atoms with Crippen molar-refractivity contribution in [2.24, 2.45) is 0 Å². The molecule has 172 valence electrons. The van der Waals surface area contributed by atoms with Crippen LogP contribution in [0.25, 0.3) is 0 Å². The third-order valence-corrected chi connectivity index (χ3v) is 5.11. The second-order valence-electron chi connectivity index (χ2n) is 7.44. The molecule has 0 aromatic carbocycles. The van der Waals surface area contributed by atoms with E-state index in [0.717, 1.165) is 44.0 Å². The summed E-state index contributed by atoms with van der Waals surface area (Å²) in [6.45, 7) is 1.90. The molecule has 1 saturated heterocycles. The molecule has 0 radical (unpaired) electrons. The first-order valence-electron chi connectivity index (χ1n) is 10.2. The molecule has 3 aromatic heterocycles. The molecule has 1 aliphatic rings. The average Bonchev–Trinajstić information content (AvgIpc) is 3.28. The Balaban J connectivity index is 1.40. The lowest BCUT2D eigenvalue weighted by atomic mass is 10.1. The summed E-state index contributed by atoms with van der Waals surface area (Å²) in [5.74, 6) is -0.491. The maximum atomic E-state index is 12.6. The molecule has 9 nitrogen and oxygen atoms in total. The number of alkyl halides is 3. The molecular weight excluding hydrogens is 439 g/mol. The third-order valence-electron chi connectivity index (χ3n) is 5.11. The van der Waals surface area contributed by atoms with Crippen LogP contribution in [-0.4, -0.2) is 45.1 Å². The van der Waals surface area contributed by atoms with Crippen LogP contribution >= 0.6 is 0 Å². The number of piperidine rings is 1. The van der Waals surface area contributed by atoms with Crippen molar-refractivity contribution in [1.29, 1.82) is 0 Å². The smallest absolute Gasteiger partial charge is 0.357 e. The summed E-state index contributed by atoms with van der Waals surface area (Å²) in [6.07, 6.45) is 2.50. The molecule has 12 heteroatoms. The van der Waals surface area contributed by atoms with Gasteiger partial charge in [-0.25, -0.2) is 4.98 Å². The van der Waals surface area contributed by atoms with E-state index in [1.165, 1.54) is 12.6 Å². The Hall–Kier alpha value is -3.96. The fourth-order valence-electron chi connectivity index (χ4n) is 3.41. The number of aromatic amines is 1. The predicted molar refractivity (Wildman–Crippen MR) is 114 cm³/mol. The molecule has 1 fully saturated rings. The number of H-pyrrole nitrogens is 1. The molecule has 0 bridgehead atoms. The normalized spacial score (nSPS) is 14.1. The minimum absolute atomic E-state index is 0.0651. The first kappa shape index (κ1) is 22.2. The van der Waals surface area contributed by atoms with Crippen molar-refractivity contribution >= 4 is 29.0 Å². The van der Waals surface area contributed by atoms with Crippen molar-refractivity contribution in [3.05, 3.63) is 59.8 Å². The Kier molecular flexibility index (Phi) is 6.24. The standard InChI is InChI=1S/C21H20F3N7O2/c22-21(23,24)16-6-4-13(10-25-16)19(32)29-15-12-27-30-18(15)20(33)28-14-5-7-17(26-11-14)31-8-2-1-3-9-31/h4-7,10-12H,1-3,8-9H2,(H,27,30)(H,28,33)(H,29,32). The molecule has 0 aliphatic carbocycles. The Bertz CT molecular complexity index is 1120. The van der Waals surface area contributed by atoms with Gasteiger partial charge in [-0.3, -0.25) is 19.7 Å². The van der Waals surface area contributed by atoms with Gasteiger partial charge < -0.3 is 15.5 Å². The molecule has 2 amide bonds. The Morgan fingerprint density at radius 3 is 2.36 bits per heavy atom. The van der Waals surface area contributed by atoms with Gasteiger partial charge in [0.05, 0.1) is 23.1 Å². The first-order valence-corrected chi connectivity index (χ1v) is 10.2. The van der Waals surface area contributed by atoms with Gasteiger partial charge in [-0.05, 0) is 43.5 Å². The fourth-order valence-corrected chi connectivity index (χ4v) is 3.41. The summed E-state index contributed by atoms with van der Waals surface area (Å²) in [4.78, 5) is 34.8. The molecule has 0 saturated carbocycles. The molecule has 4 rings (SSSR count). The molecule has 33 heavy (non-hydrogen) atoms. The summed E-state index contributed by atoms with van der Waals surface area (Å²) in [6, 6.07) is 5.26. The number of hydrogen-bond donors (Lipinski definition) is 3. The fraction of sp³-hybridized carbons (Fsp3) is 0.286. The molecule has 0 unspecified atom stereocenters. The van der Waals surface area contributed by atoms with E-state index in [-0.39, 0.29) is 16.9 Å². The zero-order valence-electron chi connectivity index (χ0n) is 17.3. The van der Waals surface area contributed by atoms with Crippen LogP contribution in [0.3, 0.4) is 0 Å². The molecule has 1 aliphatic heterocycles. The van der Waals surface area contributed by atoms with Crippen molar-refractivity contribution in [3.63, 3.8) is 0 Å². The molecule has 4 heterocycles. The monoisotopic (exact) mass is 459 g/mol. The maximum Gasteiger partial charge on any atom is 0.433 e. The quantitative estimate of drug-likeness (QED) is 0.536. The molecule has 3 N–H and O–H groups in total. The highest BCUT2D eigenvalue weighted by Gasteiger charge is 2.32. The van der Waals surface area contributed by atoms with E-state index < -0.39 is 23.7 Å². The van der Waals surface area contributed by atoms with Gasteiger partial charge in [-0.1, -0.05) is 0 Å². The number of hydrogen-bond acceptors (Lipinski definition) is 6. The zero-order chi connectivity index (χ0) is 23.4. The lowest BCUT2D eigenvalue weighted by molar-refractivity contribution is -0.141. The molecular formula is C21H20F3N7O2. The Labute approximate surface area is 186 Å². The lowest BCUT2D eigenvalue weighted by Gasteiger charge is -2.27. The third kappa shape index (κ3) is 5.27. The number of rotatable bonds is 5. The Morgan fingerprint density at radius 2 is 1.73 bits per heavy atom. The van der Waals surface area contributed by atoms with Crippen LogP contribution in [0.5, 0.6) is 0 Å². The average molecular weight is 459 g/mol. The largest absolute Gasteiger partial charge is 0.433 e. The van der Waals surface area contributed by atoms with E-state index in [1.54, 1.807) is 12.3 Å². The van der Waals surface area contributed by atoms with Gasteiger partial charge in [0.2, 0.25) is 0 Å². The summed E-state index contributed by atoms with van der Waals surface area (Å²) < 4.78 is 37.9. The highest BCUT2D eigenvalue weighted by Crippen LogP contribution is 2.27. The highest BCUT2D eigenvalue weighted by molar-refractivity contribution is 6.11. The van der Waals surface area contributed by atoms with E-state index in [0.29, 0.717) is 11.8 Å². The van der Waals surface area contributed by atoms with Crippen LogP contribution in [0.4, 0.5) is 30.4 Å². The minimum atomic E-state index is -4.61. The van der Waals surface area contributed by atoms with Gasteiger partial charge in [0.25, 0.3) is 11.8 Å². The van der Waals surface area contributed by atoms with Crippen LogP contribution in [-0.2, 0) is 6.18 Å². The van der Waals surface area contributed by atoms with Crippen LogP contribution < -0.4 is 15.5 Å². The minimum Gasteiger partial charge on any atom is -0.357 e. The summed E-state index contributed by atoms with van der Waals surface area (Å²) in [5.41, 5.74) is -0.790. The maximum absolute atomic E-state index is 12.6. The second kappa shape index (κ2) is 9.27. The molecule has 0 atom stereocenters. The Morgan fingerprint density at radius 1 is 0.939 bits per heavy atom.